The molecule has 0 bridgehead atoms. The number of carbonyl (C=O) groups is 4. The molecule has 0 spiro atoms. The highest BCUT2D eigenvalue weighted by Crippen LogP contribution is 2.27. The van der Waals surface area contributed by atoms with Crippen molar-refractivity contribution in [2.24, 2.45) is 0 Å². The van der Waals surface area contributed by atoms with E-state index in [-0.39, 0.29) is 25.9 Å². The van der Waals surface area contributed by atoms with Gasteiger partial charge in [-0.25, -0.2) is 4.79 Å². The summed E-state index contributed by atoms with van der Waals surface area (Å²) in [5.41, 5.74) is 0. The molecule has 0 aromatic heterocycles. The van der Waals surface area contributed by atoms with Crippen molar-refractivity contribution in [3.05, 3.63) is 0 Å². The summed E-state index contributed by atoms with van der Waals surface area (Å²) in [7, 11) is 0. The van der Waals surface area contributed by atoms with Gasteiger partial charge in [0.1, 0.15) is 18.8 Å². The number of carboxylic acids is 1. The molecule has 3 N–H and O–H groups in total. The summed E-state index contributed by atoms with van der Waals surface area (Å²) < 4.78 is 28.5. The van der Waals surface area contributed by atoms with E-state index in [1.54, 1.807) is 0 Å². The Balaban J connectivity index is 2.61. The minimum Gasteiger partial charge on any atom is -0.479 e. The van der Waals surface area contributed by atoms with Gasteiger partial charge in [-0.1, -0.05) is 290 Å². The quantitative estimate of drug-likeness (QED) is 0.0299. The number of carbonyl (C=O) groups excluding carboxylic acids is 3. The molecular weight excluding hydrogens is 949 g/mol. The van der Waals surface area contributed by atoms with Crippen molar-refractivity contribution < 1.29 is 58.2 Å². The standard InChI is InChI=1S/C63H118O12/c1-4-7-10-13-16-19-22-24-26-27-28-29-31-32-35-37-40-43-46-49-55(64)71-52-54(73-56(65)50-47-44-41-39-36-33-30-25-23-20-17-14-11-8-5-2)53-72-63-61(59(68)58(67)60(75-63)62(69)70)74-57(66)51-48-45-42-38-34-21-18-15-12-9-6-3/h54,58-61,63,67-68H,4-53H2,1-3H3,(H,69,70). The average molecular weight is 1070 g/mol. The first-order valence-electron chi connectivity index (χ1n) is 32.0. The Kier molecular flexibility index (Phi) is 49.4. The number of rotatable bonds is 56. The largest absolute Gasteiger partial charge is 0.479 e. The lowest BCUT2D eigenvalue weighted by Gasteiger charge is -2.40. The monoisotopic (exact) mass is 1070 g/mol. The van der Waals surface area contributed by atoms with Crippen molar-refractivity contribution in [2.75, 3.05) is 13.2 Å². The first-order valence-corrected chi connectivity index (χ1v) is 32.0. The zero-order valence-electron chi connectivity index (χ0n) is 48.8. The number of carboxylic acid groups (broad SMARTS) is 1. The van der Waals surface area contributed by atoms with Gasteiger partial charge in [0, 0.05) is 19.3 Å². The molecule has 0 aromatic rings. The fraction of sp³-hybridized carbons (Fsp3) is 0.937. The molecule has 0 radical (unpaired) electrons. The second-order valence-electron chi connectivity index (χ2n) is 22.4. The third kappa shape index (κ3) is 42.4. The topological polar surface area (TPSA) is 175 Å². The molecule has 0 saturated carbocycles. The molecule has 1 heterocycles. The van der Waals surface area contributed by atoms with Crippen LogP contribution in [0.4, 0.5) is 0 Å². The van der Waals surface area contributed by atoms with Crippen LogP contribution in [-0.2, 0) is 42.9 Å². The molecule has 75 heavy (non-hydrogen) atoms. The molecule has 0 aliphatic carbocycles. The molecule has 1 rings (SSSR count). The lowest BCUT2D eigenvalue weighted by atomic mass is 9.98. The van der Waals surface area contributed by atoms with Gasteiger partial charge < -0.3 is 39.0 Å². The summed E-state index contributed by atoms with van der Waals surface area (Å²) in [5, 5.41) is 31.5. The van der Waals surface area contributed by atoms with Crippen LogP contribution in [0, 0.1) is 0 Å². The third-order valence-corrected chi connectivity index (χ3v) is 15.2. The zero-order chi connectivity index (χ0) is 54.7. The zero-order valence-corrected chi connectivity index (χ0v) is 48.8. The van der Waals surface area contributed by atoms with Gasteiger partial charge in [0.2, 0.25) is 0 Å². The maximum absolute atomic E-state index is 13.2. The number of aliphatic carboxylic acids is 1. The SMILES string of the molecule is CCCCCCCCCCCCCCCCCCCCCC(=O)OCC(COC1OC(C(=O)O)C(O)C(O)C1OC(=O)CCCCCCCCCCCCC)OC(=O)CCCCCCCCCCCCCCCCC. The molecule has 1 aliphatic heterocycles. The van der Waals surface area contributed by atoms with E-state index < -0.39 is 67.3 Å². The van der Waals surface area contributed by atoms with E-state index in [1.165, 1.54) is 212 Å². The Hall–Kier alpha value is -2.28. The highest BCUT2D eigenvalue weighted by atomic mass is 16.7. The van der Waals surface area contributed by atoms with Crippen molar-refractivity contribution in [3.63, 3.8) is 0 Å². The molecule has 12 nitrogen and oxygen atoms in total. The summed E-state index contributed by atoms with van der Waals surface area (Å²) in [4.78, 5) is 51.2. The van der Waals surface area contributed by atoms with E-state index in [0.717, 1.165) is 57.8 Å². The number of aliphatic hydroxyl groups is 2. The minimum atomic E-state index is -1.89. The van der Waals surface area contributed by atoms with Crippen molar-refractivity contribution in [3.8, 4) is 0 Å². The fourth-order valence-corrected chi connectivity index (χ4v) is 10.3. The maximum atomic E-state index is 13.2. The van der Waals surface area contributed by atoms with Gasteiger partial charge in [-0.3, -0.25) is 14.4 Å². The fourth-order valence-electron chi connectivity index (χ4n) is 10.3. The van der Waals surface area contributed by atoms with Gasteiger partial charge in [0.05, 0.1) is 6.61 Å². The predicted molar refractivity (Wildman–Crippen MR) is 304 cm³/mol. The van der Waals surface area contributed by atoms with Crippen LogP contribution >= 0.6 is 0 Å². The lowest BCUT2D eigenvalue weighted by Crippen LogP contribution is -2.61. The van der Waals surface area contributed by atoms with Gasteiger partial charge in [-0.15, -0.1) is 0 Å². The Labute approximate surface area is 459 Å². The van der Waals surface area contributed by atoms with E-state index in [2.05, 4.69) is 20.8 Å². The second-order valence-corrected chi connectivity index (χ2v) is 22.4. The van der Waals surface area contributed by atoms with E-state index in [0.29, 0.717) is 19.3 Å². The first-order chi connectivity index (χ1) is 36.6. The molecule has 12 heteroatoms. The Morgan fingerprint density at radius 2 is 0.680 bits per heavy atom. The van der Waals surface area contributed by atoms with Gasteiger partial charge in [0.15, 0.2) is 24.6 Å². The van der Waals surface area contributed by atoms with E-state index in [4.69, 9.17) is 23.7 Å². The van der Waals surface area contributed by atoms with E-state index >= 15 is 0 Å². The summed E-state index contributed by atoms with van der Waals surface area (Å²) in [6.07, 6.45) is 45.0. The van der Waals surface area contributed by atoms with Gasteiger partial charge in [-0.05, 0) is 19.3 Å². The van der Waals surface area contributed by atoms with Gasteiger partial charge in [-0.2, -0.15) is 0 Å². The first kappa shape index (κ1) is 70.7. The summed E-state index contributed by atoms with van der Waals surface area (Å²) in [5.74, 6) is -3.07. The van der Waals surface area contributed by atoms with Crippen LogP contribution in [0.25, 0.3) is 0 Å². The molecule has 442 valence electrons. The van der Waals surface area contributed by atoms with Crippen LogP contribution in [0.3, 0.4) is 0 Å². The normalized spacial score (nSPS) is 18.0. The highest BCUT2D eigenvalue weighted by Gasteiger charge is 2.50. The lowest BCUT2D eigenvalue weighted by molar-refractivity contribution is -0.301. The highest BCUT2D eigenvalue weighted by molar-refractivity contribution is 5.74. The van der Waals surface area contributed by atoms with Crippen molar-refractivity contribution >= 4 is 23.9 Å². The maximum Gasteiger partial charge on any atom is 0.335 e. The van der Waals surface area contributed by atoms with E-state index in [9.17, 15) is 34.5 Å². The number of aliphatic hydroxyl groups excluding tert-OH is 2. The average Bonchev–Trinajstić information content (AvgIpc) is 3.39. The number of ether oxygens (including phenoxy) is 5. The molecule has 6 unspecified atom stereocenters. The Bertz CT molecular complexity index is 1310. The van der Waals surface area contributed by atoms with Crippen LogP contribution in [0.1, 0.15) is 329 Å². The second kappa shape index (κ2) is 52.4. The molecular formula is C63H118O12. The predicted octanol–water partition coefficient (Wildman–Crippen LogP) is 16.7. The van der Waals surface area contributed by atoms with Crippen LogP contribution in [0.5, 0.6) is 0 Å². The number of esters is 3. The molecule has 0 amide bonds. The molecule has 1 fully saturated rings. The Morgan fingerprint density at radius 3 is 1.00 bits per heavy atom. The number of hydrogen-bond acceptors (Lipinski definition) is 11. The van der Waals surface area contributed by atoms with Crippen LogP contribution in [0.15, 0.2) is 0 Å². The summed E-state index contributed by atoms with van der Waals surface area (Å²) in [6.45, 7) is 6.04. The molecule has 1 aliphatic rings. The third-order valence-electron chi connectivity index (χ3n) is 15.2. The molecule has 6 atom stereocenters. The molecule has 0 aromatic carbocycles. The smallest absolute Gasteiger partial charge is 0.335 e. The minimum absolute atomic E-state index is 0.0699. The summed E-state index contributed by atoms with van der Waals surface area (Å²) in [6, 6.07) is 0. The summed E-state index contributed by atoms with van der Waals surface area (Å²) >= 11 is 0. The van der Waals surface area contributed by atoms with Crippen LogP contribution in [-0.4, -0.2) is 89.2 Å². The number of hydrogen-bond donors (Lipinski definition) is 3. The van der Waals surface area contributed by atoms with Crippen LogP contribution < -0.4 is 0 Å². The van der Waals surface area contributed by atoms with Crippen LogP contribution in [0.2, 0.25) is 0 Å². The molecule has 1 saturated heterocycles. The number of unbranched alkanes of at least 4 members (excludes halogenated alkanes) is 42. The van der Waals surface area contributed by atoms with Gasteiger partial charge in [0.25, 0.3) is 0 Å². The Morgan fingerprint density at radius 1 is 0.387 bits per heavy atom. The van der Waals surface area contributed by atoms with E-state index in [1.807, 2.05) is 0 Å². The van der Waals surface area contributed by atoms with Crippen molar-refractivity contribution in [1.82, 2.24) is 0 Å². The van der Waals surface area contributed by atoms with Gasteiger partial charge >= 0.3 is 23.9 Å². The van der Waals surface area contributed by atoms with Crippen molar-refractivity contribution in [2.45, 2.75) is 366 Å². The van der Waals surface area contributed by atoms with Crippen molar-refractivity contribution in [1.29, 1.82) is 0 Å².